The van der Waals surface area contributed by atoms with Gasteiger partial charge in [0.15, 0.2) is 0 Å². The molecule has 0 radical (unpaired) electrons. The first-order valence-electron chi connectivity index (χ1n) is 12.0. The lowest BCUT2D eigenvalue weighted by molar-refractivity contribution is -0.137. The van der Waals surface area contributed by atoms with E-state index in [1.807, 2.05) is 0 Å². The molecule has 1 aliphatic heterocycles. The normalized spacial score (nSPS) is 23.1. The number of nitrogens with zero attached hydrogens (tertiary/aromatic N) is 2. The number of nitrogens with one attached hydrogen (secondary N) is 1. The first kappa shape index (κ1) is 27.1. The van der Waals surface area contributed by atoms with Gasteiger partial charge in [0.05, 0.1) is 17.1 Å². The van der Waals surface area contributed by atoms with Gasteiger partial charge in [-0.1, -0.05) is 12.2 Å². The molecule has 0 unspecified atom stereocenters. The predicted molar refractivity (Wildman–Crippen MR) is 126 cm³/mol. The van der Waals surface area contributed by atoms with Crippen molar-refractivity contribution in [3.05, 3.63) is 42.0 Å². The summed E-state index contributed by atoms with van der Waals surface area (Å²) in [6, 6.07) is 3.68. The lowest BCUT2D eigenvalue weighted by atomic mass is 9.82. The Labute approximate surface area is 201 Å². The maximum Gasteiger partial charge on any atom is 0.416 e. The Morgan fingerprint density at radius 1 is 1.06 bits per heavy atom. The summed E-state index contributed by atoms with van der Waals surface area (Å²) in [4.78, 5) is 2.29. The van der Waals surface area contributed by atoms with Crippen LogP contribution in [-0.4, -0.2) is 77.2 Å². The van der Waals surface area contributed by atoms with Crippen molar-refractivity contribution in [2.75, 3.05) is 59.5 Å². The third kappa shape index (κ3) is 8.05. The molecule has 1 aliphatic carbocycles. The largest absolute Gasteiger partial charge is 0.416 e. The van der Waals surface area contributed by atoms with E-state index in [0.717, 1.165) is 82.7 Å². The number of sulfonamides is 1. The second-order valence-electron chi connectivity index (χ2n) is 9.25. The minimum absolute atomic E-state index is 0.116. The fourth-order valence-corrected chi connectivity index (χ4v) is 5.77. The van der Waals surface area contributed by atoms with Crippen LogP contribution in [0.15, 0.2) is 41.3 Å². The lowest BCUT2D eigenvalue weighted by Crippen LogP contribution is -2.43. The molecule has 0 spiro atoms. The number of alkyl halides is 3. The van der Waals surface area contributed by atoms with Gasteiger partial charge in [0.1, 0.15) is 0 Å². The molecule has 0 atom stereocenters. The van der Waals surface area contributed by atoms with Crippen LogP contribution in [0.5, 0.6) is 0 Å². The van der Waals surface area contributed by atoms with E-state index in [2.05, 4.69) is 22.4 Å². The van der Waals surface area contributed by atoms with Crippen LogP contribution < -0.4 is 5.32 Å². The van der Waals surface area contributed by atoms with Crippen LogP contribution in [-0.2, 0) is 20.9 Å². The average molecular weight is 504 g/mol. The maximum absolute atomic E-state index is 12.8. The molecule has 1 saturated heterocycles. The van der Waals surface area contributed by atoms with E-state index in [4.69, 9.17) is 4.74 Å². The molecular weight excluding hydrogens is 467 g/mol. The van der Waals surface area contributed by atoms with E-state index in [1.165, 1.54) is 11.4 Å². The van der Waals surface area contributed by atoms with Gasteiger partial charge in [-0.15, -0.1) is 0 Å². The van der Waals surface area contributed by atoms with Crippen molar-refractivity contribution in [2.24, 2.45) is 11.8 Å². The van der Waals surface area contributed by atoms with E-state index in [0.29, 0.717) is 25.7 Å². The molecule has 1 N–H and O–H groups in total. The summed E-state index contributed by atoms with van der Waals surface area (Å²) in [6.07, 6.45) is 3.56. The second kappa shape index (κ2) is 12.5. The minimum atomic E-state index is -4.49. The molecule has 2 aliphatic rings. The monoisotopic (exact) mass is 503 g/mol. The third-order valence-corrected chi connectivity index (χ3v) is 8.52. The van der Waals surface area contributed by atoms with Gasteiger partial charge in [0, 0.05) is 52.9 Å². The number of hydrogen-bond acceptors (Lipinski definition) is 5. The van der Waals surface area contributed by atoms with Crippen LogP contribution in [0, 0.1) is 11.8 Å². The van der Waals surface area contributed by atoms with Crippen molar-refractivity contribution in [1.82, 2.24) is 14.5 Å². The van der Waals surface area contributed by atoms with E-state index in [-0.39, 0.29) is 10.8 Å². The molecule has 3 rings (SSSR count). The Balaban J connectivity index is 1.35. The lowest BCUT2D eigenvalue weighted by Gasteiger charge is -2.31. The zero-order chi connectivity index (χ0) is 24.6. The van der Waals surface area contributed by atoms with E-state index in [1.54, 1.807) is 0 Å². The molecule has 1 aromatic carbocycles. The molecule has 6 nitrogen and oxygen atoms in total. The van der Waals surface area contributed by atoms with Crippen LogP contribution in [0.2, 0.25) is 0 Å². The number of piperazine rings is 1. The SMILES string of the molecule is CN(C[C@H]1CC[C@H](COCC=CCN2CCNCC2)CC1)S(=O)(=O)c1ccc(C(F)(F)F)cc1. The Hall–Kier alpha value is -1.46. The van der Waals surface area contributed by atoms with Gasteiger partial charge in [-0.05, 0) is 61.8 Å². The number of ether oxygens (including phenoxy) is 1. The molecule has 1 heterocycles. The minimum Gasteiger partial charge on any atom is -0.377 e. The smallest absolute Gasteiger partial charge is 0.377 e. The average Bonchev–Trinajstić information content (AvgIpc) is 2.82. The van der Waals surface area contributed by atoms with Gasteiger partial charge in [-0.25, -0.2) is 12.7 Å². The Morgan fingerprint density at radius 2 is 1.68 bits per heavy atom. The number of benzene rings is 1. The van der Waals surface area contributed by atoms with Crippen molar-refractivity contribution in [1.29, 1.82) is 0 Å². The highest BCUT2D eigenvalue weighted by atomic mass is 32.2. The maximum atomic E-state index is 12.8. The molecule has 0 bridgehead atoms. The molecular formula is C24H36F3N3O3S. The molecule has 34 heavy (non-hydrogen) atoms. The predicted octanol–water partition coefficient (Wildman–Crippen LogP) is 3.61. The van der Waals surface area contributed by atoms with E-state index < -0.39 is 21.8 Å². The van der Waals surface area contributed by atoms with Gasteiger partial charge < -0.3 is 10.1 Å². The van der Waals surface area contributed by atoms with Crippen molar-refractivity contribution in [3.63, 3.8) is 0 Å². The number of halogens is 3. The van der Waals surface area contributed by atoms with Crippen molar-refractivity contribution in [3.8, 4) is 0 Å². The van der Waals surface area contributed by atoms with Gasteiger partial charge >= 0.3 is 6.18 Å². The Morgan fingerprint density at radius 3 is 2.29 bits per heavy atom. The highest BCUT2D eigenvalue weighted by molar-refractivity contribution is 7.89. The van der Waals surface area contributed by atoms with Crippen LogP contribution >= 0.6 is 0 Å². The zero-order valence-electron chi connectivity index (χ0n) is 19.8. The summed E-state index contributed by atoms with van der Waals surface area (Å²) < 4.78 is 70.9. The summed E-state index contributed by atoms with van der Waals surface area (Å²) >= 11 is 0. The van der Waals surface area contributed by atoms with Crippen LogP contribution in [0.3, 0.4) is 0 Å². The molecule has 1 aromatic rings. The highest BCUT2D eigenvalue weighted by Crippen LogP contribution is 2.32. The van der Waals surface area contributed by atoms with Gasteiger partial charge in [0.25, 0.3) is 0 Å². The fourth-order valence-electron chi connectivity index (χ4n) is 4.53. The molecule has 2 fully saturated rings. The highest BCUT2D eigenvalue weighted by Gasteiger charge is 2.32. The quantitative estimate of drug-likeness (QED) is 0.391. The number of rotatable bonds is 10. The fraction of sp³-hybridized carbons (Fsp3) is 0.667. The Bertz CT molecular complexity index is 877. The molecule has 0 amide bonds. The molecule has 192 valence electrons. The van der Waals surface area contributed by atoms with Crippen molar-refractivity contribution in [2.45, 2.75) is 36.8 Å². The first-order valence-corrected chi connectivity index (χ1v) is 13.4. The Kier molecular flexibility index (Phi) is 9.96. The zero-order valence-corrected chi connectivity index (χ0v) is 20.6. The standard InChI is InChI=1S/C24H36F3N3O3S/c1-29(34(31,32)23-10-8-22(9-11-23)24(25,26)27)18-20-4-6-21(7-5-20)19-33-17-3-2-14-30-15-12-28-13-16-30/h2-3,8-11,20-21,28H,4-7,12-19H2,1H3/t20-,21-. The van der Waals surface area contributed by atoms with Gasteiger partial charge in [-0.3, -0.25) is 4.90 Å². The summed E-state index contributed by atoms with van der Waals surface area (Å²) in [5.74, 6) is 0.721. The second-order valence-corrected chi connectivity index (χ2v) is 11.3. The van der Waals surface area contributed by atoms with E-state index >= 15 is 0 Å². The molecule has 0 aromatic heterocycles. The summed E-state index contributed by atoms with van der Waals surface area (Å²) in [6.45, 7) is 6.90. The topological polar surface area (TPSA) is 61.9 Å². The van der Waals surface area contributed by atoms with Crippen molar-refractivity contribution < 1.29 is 26.3 Å². The summed E-state index contributed by atoms with van der Waals surface area (Å²) in [7, 11) is -2.32. The van der Waals surface area contributed by atoms with Gasteiger partial charge in [0.2, 0.25) is 10.0 Å². The van der Waals surface area contributed by atoms with Crippen molar-refractivity contribution >= 4 is 10.0 Å². The summed E-state index contributed by atoms with van der Waals surface area (Å²) in [5, 5.41) is 3.34. The van der Waals surface area contributed by atoms with E-state index in [9.17, 15) is 21.6 Å². The van der Waals surface area contributed by atoms with Crippen LogP contribution in [0.1, 0.15) is 31.2 Å². The molecule has 1 saturated carbocycles. The van der Waals surface area contributed by atoms with Gasteiger partial charge in [-0.2, -0.15) is 13.2 Å². The van der Waals surface area contributed by atoms with Crippen LogP contribution in [0.25, 0.3) is 0 Å². The summed E-state index contributed by atoms with van der Waals surface area (Å²) in [5.41, 5.74) is -0.857. The first-order chi connectivity index (χ1) is 16.2. The molecule has 10 heteroatoms. The number of hydrogen-bond donors (Lipinski definition) is 1. The third-order valence-electron chi connectivity index (χ3n) is 6.68. The van der Waals surface area contributed by atoms with Crippen LogP contribution in [0.4, 0.5) is 13.2 Å².